The van der Waals surface area contributed by atoms with Crippen LogP contribution < -0.4 is 5.73 Å². The van der Waals surface area contributed by atoms with E-state index in [1.165, 1.54) is 0 Å². The van der Waals surface area contributed by atoms with Crippen molar-refractivity contribution in [2.45, 2.75) is 20.8 Å². The molecule has 0 saturated heterocycles. The van der Waals surface area contributed by atoms with E-state index in [2.05, 4.69) is 16.0 Å². The molecule has 0 aliphatic carbocycles. The van der Waals surface area contributed by atoms with Crippen LogP contribution in [0.25, 0.3) is 28.2 Å². The molecule has 4 nitrogen and oxygen atoms in total. The lowest BCUT2D eigenvalue weighted by Gasteiger charge is -2.12. The molecule has 0 aliphatic heterocycles. The number of nitrogen functional groups attached to an aromatic ring is 1. The molecule has 0 atom stereocenters. The zero-order valence-corrected chi connectivity index (χ0v) is 14.1. The van der Waals surface area contributed by atoms with Gasteiger partial charge in [-0.2, -0.15) is 0 Å². The highest BCUT2D eigenvalue weighted by Crippen LogP contribution is 2.25. The molecule has 0 aliphatic rings. The number of anilines is 1. The van der Waals surface area contributed by atoms with Crippen LogP contribution in [0.1, 0.15) is 26.5 Å². The fourth-order valence-corrected chi connectivity index (χ4v) is 2.37. The van der Waals surface area contributed by atoms with Gasteiger partial charge in [-0.15, -0.1) is 0 Å². The Morgan fingerprint density at radius 3 is 2.54 bits per heavy atom. The quantitative estimate of drug-likeness (QED) is 0.554. The normalized spacial score (nSPS) is 12.1. The van der Waals surface area contributed by atoms with Crippen molar-refractivity contribution in [1.29, 1.82) is 0 Å². The Morgan fingerprint density at radius 1 is 1.17 bits per heavy atom. The number of aromatic amines is 1. The summed E-state index contributed by atoms with van der Waals surface area (Å²) < 4.78 is 0. The van der Waals surface area contributed by atoms with E-state index in [0.29, 0.717) is 0 Å². The predicted molar refractivity (Wildman–Crippen MR) is 99.4 cm³/mol. The Kier molecular flexibility index (Phi) is 3.97. The lowest BCUT2D eigenvalue weighted by molar-refractivity contribution is -0.121. The molecule has 0 saturated carbocycles. The summed E-state index contributed by atoms with van der Waals surface area (Å²) in [4.78, 5) is 19.7. The van der Waals surface area contributed by atoms with Crippen LogP contribution in [0.2, 0.25) is 0 Å². The third-order valence-corrected chi connectivity index (χ3v) is 3.89. The monoisotopic (exact) mass is 319 g/mol. The van der Waals surface area contributed by atoms with Crippen molar-refractivity contribution >= 4 is 28.4 Å². The second-order valence-corrected chi connectivity index (χ2v) is 6.95. The van der Waals surface area contributed by atoms with Gasteiger partial charge in [0.25, 0.3) is 0 Å². The highest BCUT2D eigenvalue weighted by Gasteiger charge is 2.17. The van der Waals surface area contributed by atoms with E-state index in [0.717, 1.165) is 33.5 Å². The van der Waals surface area contributed by atoms with E-state index in [-0.39, 0.29) is 11.2 Å². The maximum Gasteiger partial charge on any atom is 0.161 e. The molecule has 0 radical (unpaired) electrons. The van der Waals surface area contributed by atoms with Gasteiger partial charge in [-0.25, -0.2) is 0 Å². The van der Waals surface area contributed by atoms with Gasteiger partial charge in [0.05, 0.1) is 17.4 Å². The maximum atomic E-state index is 12.0. The molecule has 3 N–H and O–H groups in total. The number of hydrogen-bond acceptors (Lipinski definition) is 3. The first kappa shape index (κ1) is 16.0. The van der Waals surface area contributed by atoms with Gasteiger partial charge < -0.3 is 10.7 Å². The zero-order valence-electron chi connectivity index (χ0n) is 14.1. The van der Waals surface area contributed by atoms with Crippen molar-refractivity contribution in [3.8, 4) is 11.3 Å². The van der Waals surface area contributed by atoms with E-state index in [1.807, 2.05) is 51.1 Å². The third kappa shape index (κ3) is 3.38. The van der Waals surface area contributed by atoms with Gasteiger partial charge in [0.15, 0.2) is 5.78 Å². The summed E-state index contributed by atoms with van der Waals surface area (Å²) >= 11 is 0. The van der Waals surface area contributed by atoms with Gasteiger partial charge in [0, 0.05) is 22.2 Å². The number of allylic oxidation sites excluding steroid dienone is 1. The van der Waals surface area contributed by atoms with Crippen LogP contribution in [0, 0.1) is 5.41 Å². The SMILES string of the molecule is CC(C)(C)C(=O)/C=C/c1cc2cc(-c3ccc(N)cc3)[nH]c2cn1. The maximum absolute atomic E-state index is 12.0. The van der Waals surface area contributed by atoms with Gasteiger partial charge >= 0.3 is 0 Å². The Morgan fingerprint density at radius 2 is 1.88 bits per heavy atom. The Balaban J connectivity index is 1.90. The van der Waals surface area contributed by atoms with Crippen LogP contribution in [-0.4, -0.2) is 15.8 Å². The molecule has 2 aromatic heterocycles. The van der Waals surface area contributed by atoms with Crippen molar-refractivity contribution in [1.82, 2.24) is 9.97 Å². The minimum atomic E-state index is -0.378. The number of rotatable bonds is 3. The number of carbonyl (C=O) groups excluding carboxylic acids is 1. The molecular formula is C20H21N3O. The molecule has 3 rings (SSSR count). The van der Waals surface area contributed by atoms with Crippen molar-refractivity contribution in [3.63, 3.8) is 0 Å². The summed E-state index contributed by atoms with van der Waals surface area (Å²) in [5, 5.41) is 1.06. The van der Waals surface area contributed by atoms with Crippen LogP contribution in [0.4, 0.5) is 5.69 Å². The molecule has 0 fully saturated rings. The van der Waals surface area contributed by atoms with Crippen LogP contribution in [0.3, 0.4) is 0 Å². The average molecular weight is 319 g/mol. The Labute approximate surface area is 141 Å². The average Bonchev–Trinajstić information content (AvgIpc) is 2.95. The molecule has 1 aromatic carbocycles. The molecule has 0 amide bonds. The van der Waals surface area contributed by atoms with Gasteiger partial charge in [-0.05, 0) is 42.0 Å². The summed E-state index contributed by atoms with van der Waals surface area (Å²) in [7, 11) is 0. The predicted octanol–water partition coefficient (Wildman–Crippen LogP) is 4.44. The van der Waals surface area contributed by atoms with Gasteiger partial charge in [0.1, 0.15) is 0 Å². The molecule has 3 aromatic rings. The van der Waals surface area contributed by atoms with E-state index in [4.69, 9.17) is 5.73 Å². The molecule has 24 heavy (non-hydrogen) atoms. The number of ketones is 1. The molecule has 2 heterocycles. The highest BCUT2D eigenvalue weighted by atomic mass is 16.1. The fourth-order valence-electron chi connectivity index (χ4n) is 2.37. The summed E-state index contributed by atoms with van der Waals surface area (Å²) in [5.41, 5.74) is 9.91. The first-order valence-corrected chi connectivity index (χ1v) is 7.90. The second kappa shape index (κ2) is 5.96. The van der Waals surface area contributed by atoms with Crippen LogP contribution in [-0.2, 0) is 4.79 Å². The van der Waals surface area contributed by atoms with Crippen LogP contribution in [0.15, 0.2) is 48.7 Å². The number of aromatic nitrogens is 2. The summed E-state index contributed by atoms with van der Waals surface area (Å²) in [6, 6.07) is 11.8. The van der Waals surface area contributed by atoms with E-state index in [9.17, 15) is 4.79 Å². The van der Waals surface area contributed by atoms with Crippen molar-refractivity contribution in [2.24, 2.45) is 5.41 Å². The van der Waals surface area contributed by atoms with Crippen molar-refractivity contribution < 1.29 is 4.79 Å². The van der Waals surface area contributed by atoms with E-state index in [1.54, 1.807) is 18.3 Å². The number of pyridine rings is 1. The van der Waals surface area contributed by atoms with Gasteiger partial charge in [0.2, 0.25) is 0 Å². The standard InChI is InChI=1S/C20H21N3O/c1-20(2,3)19(24)9-8-16-10-14-11-17(23-18(14)12-22-16)13-4-6-15(21)7-5-13/h4-12,23H,21H2,1-3H3/b9-8+. The summed E-state index contributed by atoms with van der Waals surface area (Å²) in [6.45, 7) is 5.71. The molecule has 0 bridgehead atoms. The number of hydrogen-bond donors (Lipinski definition) is 2. The molecule has 0 spiro atoms. The third-order valence-electron chi connectivity index (χ3n) is 3.89. The molecule has 122 valence electrons. The summed E-state index contributed by atoms with van der Waals surface area (Å²) in [6.07, 6.45) is 5.15. The Hall–Kier alpha value is -2.88. The van der Waals surface area contributed by atoms with Gasteiger partial charge in [-0.3, -0.25) is 9.78 Å². The number of nitrogens with zero attached hydrogens (tertiary/aromatic N) is 1. The van der Waals surface area contributed by atoms with Crippen molar-refractivity contribution in [2.75, 3.05) is 5.73 Å². The number of H-pyrrole nitrogens is 1. The van der Waals surface area contributed by atoms with E-state index < -0.39 is 0 Å². The van der Waals surface area contributed by atoms with Crippen LogP contribution >= 0.6 is 0 Å². The number of carbonyl (C=O) groups is 1. The number of benzene rings is 1. The van der Waals surface area contributed by atoms with Gasteiger partial charge in [-0.1, -0.05) is 32.9 Å². The largest absolute Gasteiger partial charge is 0.399 e. The molecule has 0 unspecified atom stereocenters. The zero-order chi connectivity index (χ0) is 17.3. The topological polar surface area (TPSA) is 71.8 Å². The number of fused-ring (bicyclic) bond motifs is 1. The number of nitrogens with two attached hydrogens (primary N) is 1. The minimum Gasteiger partial charge on any atom is -0.399 e. The highest BCUT2D eigenvalue weighted by molar-refractivity contribution is 5.97. The lowest BCUT2D eigenvalue weighted by Crippen LogP contribution is -2.17. The second-order valence-electron chi connectivity index (χ2n) is 6.95. The Bertz CT molecular complexity index is 912. The molecular weight excluding hydrogens is 298 g/mol. The van der Waals surface area contributed by atoms with E-state index >= 15 is 0 Å². The first-order chi connectivity index (χ1) is 11.3. The lowest BCUT2D eigenvalue weighted by atomic mass is 9.90. The number of nitrogens with one attached hydrogen (secondary N) is 1. The minimum absolute atomic E-state index is 0.0843. The van der Waals surface area contributed by atoms with Crippen LogP contribution in [0.5, 0.6) is 0 Å². The van der Waals surface area contributed by atoms with Crippen molar-refractivity contribution in [3.05, 3.63) is 54.4 Å². The molecule has 4 heteroatoms. The smallest absolute Gasteiger partial charge is 0.161 e. The first-order valence-electron chi connectivity index (χ1n) is 7.90. The summed E-state index contributed by atoms with van der Waals surface area (Å²) in [5.74, 6) is 0.0843. The fraction of sp³-hybridized carbons (Fsp3) is 0.200.